The van der Waals surface area contributed by atoms with Crippen molar-refractivity contribution in [3.8, 4) is 22.5 Å². The summed E-state index contributed by atoms with van der Waals surface area (Å²) in [4.78, 5) is 10.3. The van der Waals surface area contributed by atoms with Crippen LogP contribution in [0.3, 0.4) is 0 Å². The number of fused-ring (bicyclic) bond motifs is 5. The number of pyridine rings is 2. The topological polar surface area (TPSA) is 38.9 Å². The number of nitrogens with zero attached hydrogens (tertiary/aromatic N) is 2. The molecule has 1 radical (unpaired) electrons. The van der Waals surface area contributed by atoms with Crippen molar-refractivity contribution in [3.05, 3.63) is 118 Å². The molecular weight excluding hydrogens is 689 g/mol. The zero-order valence-electron chi connectivity index (χ0n) is 23.0. The van der Waals surface area contributed by atoms with E-state index in [0.717, 1.165) is 44.6 Å². The van der Waals surface area contributed by atoms with Gasteiger partial charge in [0, 0.05) is 47.5 Å². The van der Waals surface area contributed by atoms with Crippen LogP contribution in [0.2, 0.25) is 0 Å². The molecule has 0 saturated carbocycles. The van der Waals surface area contributed by atoms with Crippen LogP contribution in [0.5, 0.6) is 0 Å². The summed E-state index contributed by atoms with van der Waals surface area (Å²) < 4.78 is 7.51. The van der Waals surface area contributed by atoms with Crippen LogP contribution in [0.25, 0.3) is 54.5 Å². The van der Waals surface area contributed by atoms with Crippen LogP contribution in [-0.2, 0) is 20.1 Å². The normalized spacial score (nSPS) is 10.9. The molecule has 0 aliphatic rings. The minimum atomic E-state index is 0. The van der Waals surface area contributed by atoms with E-state index >= 15 is 0 Å². The average Bonchev–Trinajstić information content (AvgIpc) is 3.51. The molecule has 0 saturated heterocycles. The van der Waals surface area contributed by atoms with Crippen molar-refractivity contribution in [1.82, 2.24) is 9.97 Å². The smallest absolute Gasteiger partial charge is 0.122 e. The Hall–Kier alpha value is -3.63. The zero-order valence-corrected chi connectivity index (χ0v) is 26.3. The van der Waals surface area contributed by atoms with Crippen LogP contribution in [0.4, 0.5) is 0 Å². The Morgan fingerprint density at radius 1 is 0.750 bits per heavy atom. The van der Waals surface area contributed by atoms with E-state index in [9.17, 15) is 0 Å². The number of hydrogen-bond acceptors (Lipinski definition) is 4. The zero-order chi connectivity index (χ0) is 27.1. The average molecular weight is 717 g/mol. The Morgan fingerprint density at radius 3 is 2.27 bits per heavy atom. The fourth-order valence-electron chi connectivity index (χ4n) is 4.69. The third-order valence-electron chi connectivity index (χ3n) is 6.99. The molecule has 0 N–H and O–H groups in total. The number of aryl methyl sites for hydroxylation is 5. The summed E-state index contributed by atoms with van der Waals surface area (Å²) in [7, 11) is 0. The maximum atomic E-state index is 6.22. The molecule has 7 aromatic rings. The van der Waals surface area contributed by atoms with Gasteiger partial charge >= 0.3 is 0 Å². The van der Waals surface area contributed by atoms with Gasteiger partial charge in [-0.05, 0) is 73.8 Å². The monoisotopic (exact) mass is 717 g/mol. The minimum Gasteiger partial charge on any atom is -0.501 e. The van der Waals surface area contributed by atoms with Gasteiger partial charge in [-0.2, -0.15) is 0 Å². The molecule has 7 rings (SSSR count). The van der Waals surface area contributed by atoms with Gasteiger partial charge in [0.1, 0.15) is 5.58 Å². The van der Waals surface area contributed by atoms with Crippen molar-refractivity contribution in [2.24, 2.45) is 0 Å². The van der Waals surface area contributed by atoms with Crippen LogP contribution < -0.4 is 0 Å². The van der Waals surface area contributed by atoms with Gasteiger partial charge in [-0.15, -0.1) is 64.9 Å². The number of furan rings is 1. The van der Waals surface area contributed by atoms with Crippen molar-refractivity contribution < 1.29 is 24.5 Å². The molecule has 0 unspecified atom stereocenters. The van der Waals surface area contributed by atoms with Crippen LogP contribution in [0.1, 0.15) is 27.1 Å². The SMILES string of the molecule is Cc1c[c-]c(-c2cc(C)c(C)cn2)cc1.Cc1ccc(-c2[c-]ccc3c2oc2ccc4cc(C)sc4c23)nc1.[Ir]. The van der Waals surface area contributed by atoms with Crippen molar-refractivity contribution in [2.75, 3.05) is 0 Å². The first-order chi connectivity index (χ1) is 18.9. The number of thiophene rings is 1. The molecule has 4 heterocycles. The van der Waals surface area contributed by atoms with Gasteiger partial charge in [-0.1, -0.05) is 41.6 Å². The molecule has 4 aromatic heterocycles. The number of rotatable bonds is 2. The Bertz CT molecular complexity index is 1950. The van der Waals surface area contributed by atoms with Crippen molar-refractivity contribution in [3.63, 3.8) is 0 Å². The van der Waals surface area contributed by atoms with E-state index in [4.69, 9.17) is 4.42 Å². The van der Waals surface area contributed by atoms with E-state index in [1.165, 1.54) is 37.0 Å². The minimum absolute atomic E-state index is 0. The van der Waals surface area contributed by atoms with E-state index in [1.807, 2.05) is 48.9 Å². The molecule has 0 amide bonds. The van der Waals surface area contributed by atoms with Crippen molar-refractivity contribution in [1.29, 1.82) is 0 Å². The first-order valence-electron chi connectivity index (χ1n) is 13.0. The van der Waals surface area contributed by atoms with E-state index in [2.05, 4.69) is 98.3 Å². The number of benzene rings is 3. The van der Waals surface area contributed by atoms with Gasteiger partial charge in [-0.25, -0.2) is 0 Å². The van der Waals surface area contributed by atoms with Gasteiger partial charge in [0.2, 0.25) is 0 Å². The van der Waals surface area contributed by atoms with Gasteiger partial charge in [0.15, 0.2) is 0 Å². The first kappa shape index (κ1) is 27.9. The molecule has 0 bridgehead atoms. The van der Waals surface area contributed by atoms with E-state index in [1.54, 1.807) is 0 Å². The summed E-state index contributed by atoms with van der Waals surface area (Å²) in [6.45, 7) is 10.4. The summed E-state index contributed by atoms with van der Waals surface area (Å²) >= 11 is 1.82. The fraction of sp³-hybridized carbons (Fsp3) is 0.143. The summed E-state index contributed by atoms with van der Waals surface area (Å²) in [5, 5.41) is 3.60. The van der Waals surface area contributed by atoms with Gasteiger partial charge in [0.25, 0.3) is 0 Å². The van der Waals surface area contributed by atoms with Crippen molar-refractivity contribution >= 4 is 43.4 Å². The van der Waals surface area contributed by atoms with Crippen LogP contribution in [-0.4, -0.2) is 9.97 Å². The predicted molar refractivity (Wildman–Crippen MR) is 163 cm³/mol. The van der Waals surface area contributed by atoms with E-state index in [-0.39, 0.29) is 20.1 Å². The molecule has 0 spiro atoms. The Kier molecular flexibility index (Phi) is 8.00. The molecule has 40 heavy (non-hydrogen) atoms. The quantitative estimate of drug-likeness (QED) is 0.167. The molecule has 3 aromatic carbocycles. The summed E-state index contributed by atoms with van der Waals surface area (Å²) in [5.74, 6) is 0. The largest absolute Gasteiger partial charge is 0.501 e. The molecule has 201 valence electrons. The van der Waals surface area contributed by atoms with Crippen molar-refractivity contribution in [2.45, 2.75) is 34.6 Å². The molecule has 0 fully saturated rings. The Balaban J connectivity index is 0.000000175. The predicted octanol–water partition coefficient (Wildman–Crippen LogP) is 9.75. The molecule has 0 aliphatic heterocycles. The molecule has 5 heteroatoms. The summed E-state index contributed by atoms with van der Waals surface area (Å²) in [6, 6.07) is 29.4. The standard InChI is InChI=1S/C21H14NOS.C14H14N.Ir/c1-12-6-8-17(22-11-12)15-4-3-5-16-19-18(23-20(15)16)9-7-14-10-13(2)24-21(14)19;1-10-4-6-13(7-5-10)14-8-11(2)12(3)9-15-14;/h3,5-11H,1-2H3;4-6,8-9H,1-3H3;/q2*-1;. The fourth-order valence-corrected chi connectivity index (χ4v) is 5.76. The molecule has 0 atom stereocenters. The van der Waals surface area contributed by atoms with Crippen LogP contribution in [0, 0.1) is 46.8 Å². The third kappa shape index (κ3) is 5.38. The molecule has 3 nitrogen and oxygen atoms in total. The number of aromatic nitrogens is 2. The first-order valence-corrected chi connectivity index (χ1v) is 13.8. The second-order valence-corrected chi connectivity index (χ2v) is 11.3. The third-order valence-corrected chi connectivity index (χ3v) is 8.07. The Labute approximate surface area is 252 Å². The van der Waals surface area contributed by atoms with Crippen LogP contribution >= 0.6 is 11.3 Å². The second kappa shape index (κ2) is 11.5. The van der Waals surface area contributed by atoms with Gasteiger partial charge < -0.3 is 14.4 Å². The van der Waals surface area contributed by atoms with Gasteiger partial charge in [0.05, 0.1) is 5.58 Å². The summed E-state index contributed by atoms with van der Waals surface area (Å²) in [5.41, 5.74) is 10.5. The molecule has 0 aliphatic carbocycles. The number of hydrogen-bond donors (Lipinski definition) is 0. The molecular formula is C35H28IrN2OS-2. The van der Waals surface area contributed by atoms with E-state index < -0.39 is 0 Å². The van der Waals surface area contributed by atoms with Crippen LogP contribution in [0.15, 0.2) is 83.5 Å². The Morgan fingerprint density at radius 2 is 1.55 bits per heavy atom. The van der Waals surface area contributed by atoms with Gasteiger partial charge in [-0.3, -0.25) is 0 Å². The maximum absolute atomic E-state index is 6.22. The van der Waals surface area contributed by atoms with E-state index in [0.29, 0.717) is 0 Å². The second-order valence-electron chi connectivity index (χ2n) is 10.1. The summed E-state index contributed by atoms with van der Waals surface area (Å²) in [6.07, 6.45) is 3.80. The maximum Gasteiger partial charge on any atom is 0.122 e.